The van der Waals surface area contributed by atoms with Gasteiger partial charge in [0.25, 0.3) is 0 Å². The lowest BCUT2D eigenvalue weighted by molar-refractivity contribution is -0.131. The first-order valence-electron chi connectivity index (χ1n) is 6.10. The van der Waals surface area contributed by atoms with Crippen molar-refractivity contribution in [3.8, 4) is 0 Å². The molecule has 0 aliphatic heterocycles. The van der Waals surface area contributed by atoms with Gasteiger partial charge < -0.3 is 9.64 Å². The van der Waals surface area contributed by atoms with Gasteiger partial charge in [0.15, 0.2) is 0 Å². The fourth-order valence-electron chi connectivity index (χ4n) is 1.77. The summed E-state index contributed by atoms with van der Waals surface area (Å²) in [5.74, 6) is 0.158. The van der Waals surface area contributed by atoms with Gasteiger partial charge in [0, 0.05) is 25.1 Å². The number of carbonyl (C=O) groups excluding carboxylic acids is 1. The van der Waals surface area contributed by atoms with Crippen LogP contribution in [0.1, 0.15) is 10.4 Å². The Kier molecular flexibility index (Phi) is 5.57. The zero-order valence-electron chi connectivity index (χ0n) is 10.9. The quantitative estimate of drug-likeness (QED) is 0.786. The highest BCUT2D eigenvalue weighted by atomic mass is 32.1. The summed E-state index contributed by atoms with van der Waals surface area (Å²) >= 11 is 3.28. The van der Waals surface area contributed by atoms with E-state index in [9.17, 15) is 4.79 Å². The summed E-state index contributed by atoms with van der Waals surface area (Å²) in [6.45, 7) is 1.87. The number of nitrogens with zero attached hydrogens (tertiary/aromatic N) is 1. The van der Waals surface area contributed by atoms with E-state index in [1.165, 1.54) is 5.56 Å². The summed E-state index contributed by atoms with van der Waals surface area (Å²) in [7, 11) is 1.66. The van der Waals surface area contributed by atoms with Crippen LogP contribution in [-0.2, 0) is 22.5 Å². The number of ether oxygens (including phenoxy) is 1. The van der Waals surface area contributed by atoms with E-state index in [-0.39, 0.29) is 5.91 Å². The molecule has 0 N–H and O–H groups in total. The standard InChI is InChI=1S/C14H17NO2S2/c1-17-6-5-15(10-12-4-8-18-11-12)14(16)9-13-3-2-7-19-13/h2-4,7-8,11H,5-6,9-10H2,1H3. The van der Waals surface area contributed by atoms with Gasteiger partial charge in [-0.25, -0.2) is 0 Å². The predicted molar refractivity (Wildman–Crippen MR) is 79.6 cm³/mol. The van der Waals surface area contributed by atoms with Crippen molar-refractivity contribution in [1.29, 1.82) is 0 Å². The van der Waals surface area contributed by atoms with Gasteiger partial charge in [0.05, 0.1) is 13.0 Å². The van der Waals surface area contributed by atoms with Gasteiger partial charge in [-0.15, -0.1) is 11.3 Å². The third-order valence-corrected chi connectivity index (χ3v) is 4.39. The van der Waals surface area contributed by atoms with E-state index in [4.69, 9.17) is 4.74 Å². The minimum atomic E-state index is 0.158. The molecule has 0 aliphatic rings. The number of methoxy groups -OCH3 is 1. The summed E-state index contributed by atoms with van der Waals surface area (Å²) in [5.41, 5.74) is 1.18. The number of hydrogen-bond acceptors (Lipinski definition) is 4. The first-order chi connectivity index (χ1) is 9.29. The zero-order chi connectivity index (χ0) is 13.5. The molecule has 2 aromatic rings. The predicted octanol–water partition coefficient (Wildman–Crippen LogP) is 3.03. The SMILES string of the molecule is COCCN(Cc1ccsc1)C(=O)Cc1cccs1. The molecule has 0 saturated carbocycles. The minimum Gasteiger partial charge on any atom is -0.383 e. The molecule has 0 saturated heterocycles. The van der Waals surface area contributed by atoms with Crippen LogP contribution in [0.15, 0.2) is 34.3 Å². The van der Waals surface area contributed by atoms with E-state index in [0.717, 1.165) is 4.88 Å². The molecule has 0 spiro atoms. The first-order valence-corrected chi connectivity index (χ1v) is 7.92. The topological polar surface area (TPSA) is 29.5 Å². The van der Waals surface area contributed by atoms with E-state index >= 15 is 0 Å². The van der Waals surface area contributed by atoms with Crippen LogP contribution < -0.4 is 0 Å². The first kappa shape index (κ1) is 14.2. The van der Waals surface area contributed by atoms with Crippen LogP contribution in [-0.4, -0.2) is 31.1 Å². The maximum atomic E-state index is 12.3. The Morgan fingerprint density at radius 2 is 2.26 bits per heavy atom. The van der Waals surface area contributed by atoms with Crippen LogP contribution in [0.3, 0.4) is 0 Å². The second-order valence-electron chi connectivity index (χ2n) is 4.20. The van der Waals surface area contributed by atoms with Gasteiger partial charge in [0.1, 0.15) is 0 Å². The van der Waals surface area contributed by atoms with Gasteiger partial charge in [-0.2, -0.15) is 11.3 Å². The van der Waals surface area contributed by atoms with E-state index in [0.29, 0.717) is 26.1 Å². The van der Waals surface area contributed by atoms with Crippen LogP contribution in [0, 0.1) is 0 Å². The molecule has 0 atom stereocenters. The number of thiophene rings is 2. The molecule has 2 heterocycles. The molecule has 19 heavy (non-hydrogen) atoms. The highest BCUT2D eigenvalue weighted by Crippen LogP contribution is 2.14. The molecule has 0 fully saturated rings. The summed E-state index contributed by atoms with van der Waals surface area (Å²) < 4.78 is 5.09. The zero-order valence-corrected chi connectivity index (χ0v) is 12.5. The Hall–Kier alpha value is -1.17. The van der Waals surface area contributed by atoms with Crippen molar-refractivity contribution >= 4 is 28.6 Å². The maximum Gasteiger partial charge on any atom is 0.228 e. The summed E-state index contributed by atoms with van der Waals surface area (Å²) in [6, 6.07) is 6.04. The summed E-state index contributed by atoms with van der Waals surface area (Å²) in [4.78, 5) is 15.3. The molecule has 0 aliphatic carbocycles. The second kappa shape index (κ2) is 7.43. The van der Waals surface area contributed by atoms with E-state index < -0.39 is 0 Å². The molecule has 1 amide bonds. The van der Waals surface area contributed by atoms with Gasteiger partial charge >= 0.3 is 0 Å². The molecule has 0 unspecified atom stereocenters. The maximum absolute atomic E-state index is 12.3. The minimum absolute atomic E-state index is 0.158. The number of rotatable bonds is 7. The van der Waals surface area contributed by atoms with E-state index in [1.807, 2.05) is 27.8 Å². The van der Waals surface area contributed by atoms with E-state index in [1.54, 1.807) is 29.8 Å². The largest absolute Gasteiger partial charge is 0.383 e. The fourth-order valence-corrected chi connectivity index (χ4v) is 3.13. The molecule has 2 rings (SSSR count). The van der Waals surface area contributed by atoms with Gasteiger partial charge in [-0.1, -0.05) is 6.07 Å². The molecule has 3 nitrogen and oxygen atoms in total. The Balaban J connectivity index is 1.97. The highest BCUT2D eigenvalue weighted by Gasteiger charge is 2.15. The third-order valence-electron chi connectivity index (χ3n) is 2.78. The molecule has 0 radical (unpaired) electrons. The van der Waals surface area contributed by atoms with E-state index in [2.05, 4.69) is 11.4 Å². The van der Waals surface area contributed by atoms with Crippen LogP contribution in [0.2, 0.25) is 0 Å². The normalized spacial score (nSPS) is 10.6. The van der Waals surface area contributed by atoms with Crippen LogP contribution in [0.4, 0.5) is 0 Å². The highest BCUT2D eigenvalue weighted by molar-refractivity contribution is 7.10. The Morgan fingerprint density at radius 3 is 2.89 bits per heavy atom. The van der Waals surface area contributed by atoms with Crippen LogP contribution in [0.25, 0.3) is 0 Å². The van der Waals surface area contributed by atoms with Crippen molar-refractivity contribution in [2.24, 2.45) is 0 Å². The fraction of sp³-hybridized carbons (Fsp3) is 0.357. The summed E-state index contributed by atoms with van der Waals surface area (Å²) in [5, 5.41) is 6.12. The van der Waals surface area contributed by atoms with Crippen molar-refractivity contribution in [3.05, 3.63) is 44.8 Å². The molecule has 102 valence electrons. The molecule has 5 heteroatoms. The molecule has 0 aromatic carbocycles. The Morgan fingerprint density at radius 1 is 1.37 bits per heavy atom. The third kappa shape index (κ3) is 4.45. The number of carbonyl (C=O) groups is 1. The Bertz CT molecular complexity index is 480. The monoisotopic (exact) mass is 295 g/mol. The molecular formula is C14H17NO2S2. The molecular weight excluding hydrogens is 278 g/mol. The lowest BCUT2D eigenvalue weighted by atomic mass is 10.2. The lowest BCUT2D eigenvalue weighted by Crippen LogP contribution is -2.34. The van der Waals surface area contributed by atoms with Crippen LogP contribution in [0.5, 0.6) is 0 Å². The second-order valence-corrected chi connectivity index (χ2v) is 6.01. The van der Waals surface area contributed by atoms with Crippen molar-refractivity contribution in [2.75, 3.05) is 20.3 Å². The van der Waals surface area contributed by atoms with Gasteiger partial charge in [-0.3, -0.25) is 4.79 Å². The average molecular weight is 295 g/mol. The Labute approximate surface area is 121 Å². The molecule has 2 aromatic heterocycles. The number of hydrogen-bond donors (Lipinski definition) is 0. The van der Waals surface area contributed by atoms with Crippen molar-refractivity contribution < 1.29 is 9.53 Å². The van der Waals surface area contributed by atoms with Crippen LogP contribution >= 0.6 is 22.7 Å². The molecule has 0 bridgehead atoms. The van der Waals surface area contributed by atoms with Crippen molar-refractivity contribution in [1.82, 2.24) is 4.90 Å². The van der Waals surface area contributed by atoms with Gasteiger partial charge in [0.2, 0.25) is 5.91 Å². The van der Waals surface area contributed by atoms with Gasteiger partial charge in [-0.05, 0) is 33.8 Å². The smallest absolute Gasteiger partial charge is 0.228 e. The number of amides is 1. The average Bonchev–Trinajstić information content (AvgIpc) is 3.07. The van der Waals surface area contributed by atoms with Crippen molar-refractivity contribution in [3.63, 3.8) is 0 Å². The lowest BCUT2D eigenvalue weighted by Gasteiger charge is -2.21. The summed E-state index contributed by atoms with van der Waals surface area (Å²) in [6.07, 6.45) is 0.478. The van der Waals surface area contributed by atoms with Crippen molar-refractivity contribution in [2.45, 2.75) is 13.0 Å².